The Bertz CT molecular complexity index is 797. The molecule has 0 aliphatic heterocycles. The van der Waals surface area contributed by atoms with Crippen molar-refractivity contribution < 1.29 is 4.79 Å². The Morgan fingerprint density at radius 2 is 1.73 bits per heavy atom. The van der Waals surface area contributed by atoms with Gasteiger partial charge in [-0.3, -0.25) is 9.78 Å². The normalized spacial score (nSPS) is 10.2. The molecule has 3 rings (SSSR count). The third kappa shape index (κ3) is 3.04. The van der Waals surface area contributed by atoms with Gasteiger partial charge in [0.15, 0.2) is 0 Å². The van der Waals surface area contributed by atoms with E-state index in [9.17, 15) is 4.79 Å². The highest BCUT2D eigenvalue weighted by atomic mass is 16.1. The average molecular weight is 288 g/mol. The molecule has 0 aliphatic rings. The van der Waals surface area contributed by atoms with Crippen LogP contribution in [0.5, 0.6) is 0 Å². The van der Waals surface area contributed by atoms with E-state index in [2.05, 4.69) is 10.3 Å². The fraction of sp³-hybridized carbons (Fsp3) is 0.0526. The lowest BCUT2D eigenvalue weighted by molar-refractivity contribution is 0.102. The lowest BCUT2D eigenvalue weighted by atomic mass is 10.00. The van der Waals surface area contributed by atoms with Gasteiger partial charge in [0.05, 0.1) is 0 Å². The van der Waals surface area contributed by atoms with Crippen LogP contribution in [-0.4, -0.2) is 10.9 Å². The van der Waals surface area contributed by atoms with E-state index in [0.29, 0.717) is 5.56 Å². The molecule has 1 heterocycles. The molecule has 2 aromatic carbocycles. The van der Waals surface area contributed by atoms with E-state index >= 15 is 0 Å². The first-order valence-corrected chi connectivity index (χ1v) is 7.11. The molecule has 22 heavy (non-hydrogen) atoms. The van der Waals surface area contributed by atoms with Gasteiger partial charge in [-0.2, -0.15) is 0 Å². The SMILES string of the molecule is Cc1cccc(NC(=O)c2ccccc2-c2ccncc2)c1. The van der Waals surface area contributed by atoms with Crippen molar-refractivity contribution in [1.82, 2.24) is 4.98 Å². The van der Waals surface area contributed by atoms with Crippen molar-refractivity contribution in [3.8, 4) is 11.1 Å². The smallest absolute Gasteiger partial charge is 0.256 e. The van der Waals surface area contributed by atoms with Gasteiger partial charge in [0.2, 0.25) is 0 Å². The van der Waals surface area contributed by atoms with E-state index in [4.69, 9.17) is 0 Å². The van der Waals surface area contributed by atoms with E-state index in [1.807, 2.05) is 67.6 Å². The van der Waals surface area contributed by atoms with Gasteiger partial charge < -0.3 is 5.32 Å². The lowest BCUT2D eigenvalue weighted by Crippen LogP contribution is -2.13. The number of aryl methyl sites for hydroxylation is 1. The van der Waals surface area contributed by atoms with Gasteiger partial charge in [-0.05, 0) is 53.9 Å². The first kappa shape index (κ1) is 14.0. The molecule has 0 spiro atoms. The number of rotatable bonds is 3. The fourth-order valence-corrected chi connectivity index (χ4v) is 2.39. The van der Waals surface area contributed by atoms with Crippen LogP contribution in [0.2, 0.25) is 0 Å². The van der Waals surface area contributed by atoms with Crippen LogP contribution in [0.1, 0.15) is 15.9 Å². The van der Waals surface area contributed by atoms with Crippen molar-refractivity contribution in [3.63, 3.8) is 0 Å². The summed E-state index contributed by atoms with van der Waals surface area (Å²) < 4.78 is 0. The quantitative estimate of drug-likeness (QED) is 0.780. The fourth-order valence-electron chi connectivity index (χ4n) is 2.39. The van der Waals surface area contributed by atoms with Crippen LogP contribution in [-0.2, 0) is 0 Å². The third-order valence-corrected chi connectivity index (χ3v) is 3.44. The van der Waals surface area contributed by atoms with Crippen molar-refractivity contribution in [2.45, 2.75) is 6.92 Å². The van der Waals surface area contributed by atoms with Gasteiger partial charge in [-0.15, -0.1) is 0 Å². The Labute approximate surface area is 129 Å². The summed E-state index contributed by atoms with van der Waals surface area (Å²) in [5, 5.41) is 2.95. The van der Waals surface area contributed by atoms with Crippen LogP contribution in [0.25, 0.3) is 11.1 Å². The minimum absolute atomic E-state index is 0.113. The second kappa shape index (κ2) is 6.22. The Hall–Kier alpha value is -2.94. The maximum atomic E-state index is 12.6. The number of hydrogen-bond acceptors (Lipinski definition) is 2. The summed E-state index contributed by atoms with van der Waals surface area (Å²) in [6, 6.07) is 19.2. The lowest BCUT2D eigenvalue weighted by Gasteiger charge is -2.10. The zero-order valence-electron chi connectivity index (χ0n) is 12.3. The summed E-state index contributed by atoms with van der Waals surface area (Å²) in [6.07, 6.45) is 3.45. The first-order chi connectivity index (χ1) is 10.7. The van der Waals surface area contributed by atoms with Gasteiger partial charge in [0.25, 0.3) is 5.91 Å². The number of carbonyl (C=O) groups excluding carboxylic acids is 1. The summed E-state index contributed by atoms with van der Waals surface area (Å²) in [5.74, 6) is -0.113. The largest absolute Gasteiger partial charge is 0.322 e. The predicted octanol–water partition coefficient (Wildman–Crippen LogP) is 4.31. The maximum Gasteiger partial charge on any atom is 0.256 e. The van der Waals surface area contributed by atoms with Crippen molar-refractivity contribution >= 4 is 11.6 Å². The number of hydrogen-bond donors (Lipinski definition) is 1. The number of amides is 1. The second-order valence-corrected chi connectivity index (χ2v) is 5.11. The van der Waals surface area contributed by atoms with Crippen LogP contribution < -0.4 is 5.32 Å². The van der Waals surface area contributed by atoms with Crippen molar-refractivity contribution in [2.75, 3.05) is 5.32 Å². The van der Waals surface area contributed by atoms with Gasteiger partial charge in [-0.25, -0.2) is 0 Å². The monoisotopic (exact) mass is 288 g/mol. The van der Waals surface area contributed by atoms with E-state index in [0.717, 1.165) is 22.4 Å². The summed E-state index contributed by atoms with van der Waals surface area (Å²) in [4.78, 5) is 16.6. The van der Waals surface area contributed by atoms with Gasteiger partial charge in [0, 0.05) is 23.6 Å². The molecular weight excluding hydrogens is 272 g/mol. The molecule has 0 saturated heterocycles. The number of anilines is 1. The summed E-state index contributed by atoms with van der Waals surface area (Å²) in [6.45, 7) is 2.00. The maximum absolute atomic E-state index is 12.6. The van der Waals surface area contributed by atoms with Crippen LogP contribution in [0.4, 0.5) is 5.69 Å². The molecule has 1 amide bonds. The number of benzene rings is 2. The van der Waals surface area contributed by atoms with Crippen molar-refractivity contribution in [2.24, 2.45) is 0 Å². The van der Waals surface area contributed by atoms with Crippen molar-refractivity contribution in [1.29, 1.82) is 0 Å². The minimum atomic E-state index is -0.113. The highest BCUT2D eigenvalue weighted by Crippen LogP contribution is 2.24. The minimum Gasteiger partial charge on any atom is -0.322 e. The van der Waals surface area contributed by atoms with Crippen LogP contribution in [0.3, 0.4) is 0 Å². The molecule has 1 N–H and O–H groups in total. The van der Waals surface area contributed by atoms with E-state index in [-0.39, 0.29) is 5.91 Å². The summed E-state index contributed by atoms with van der Waals surface area (Å²) in [5.41, 5.74) is 4.44. The van der Waals surface area contributed by atoms with Gasteiger partial charge in [-0.1, -0.05) is 30.3 Å². The zero-order chi connectivity index (χ0) is 15.4. The molecule has 0 bridgehead atoms. The highest BCUT2D eigenvalue weighted by molar-refractivity contribution is 6.08. The Morgan fingerprint density at radius 3 is 2.50 bits per heavy atom. The first-order valence-electron chi connectivity index (χ1n) is 7.11. The van der Waals surface area contributed by atoms with E-state index < -0.39 is 0 Å². The number of carbonyl (C=O) groups is 1. The molecular formula is C19H16N2O. The van der Waals surface area contributed by atoms with Gasteiger partial charge >= 0.3 is 0 Å². The Balaban J connectivity index is 1.93. The topological polar surface area (TPSA) is 42.0 Å². The molecule has 0 atom stereocenters. The summed E-state index contributed by atoms with van der Waals surface area (Å²) >= 11 is 0. The molecule has 3 aromatic rings. The second-order valence-electron chi connectivity index (χ2n) is 5.11. The number of pyridine rings is 1. The van der Waals surface area contributed by atoms with Gasteiger partial charge in [0.1, 0.15) is 0 Å². The summed E-state index contributed by atoms with van der Waals surface area (Å²) in [7, 11) is 0. The van der Waals surface area contributed by atoms with Crippen molar-refractivity contribution in [3.05, 3.63) is 84.2 Å². The average Bonchev–Trinajstić information content (AvgIpc) is 2.56. The molecule has 0 unspecified atom stereocenters. The molecule has 3 heteroatoms. The molecule has 0 radical (unpaired) electrons. The third-order valence-electron chi connectivity index (χ3n) is 3.44. The molecule has 1 aromatic heterocycles. The van der Waals surface area contributed by atoms with Crippen LogP contribution in [0.15, 0.2) is 73.1 Å². The predicted molar refractivity (Wildman–Crippen MR) is 88.8 cm³/mol. The molecule has 0 saturated carbocycles. The molecule has 0 fully saturated rings. The Kier molecular flexibility index (Phi) is 3.97. The number of nitrogens with zero attached hydrogens (tertiary/aromatic N) is 1. The highest BCUT2D eigenvalue weighted by Gasteiger charge is 2.12. The molecule has 108 valence electrons. The molecule has 0 aliphatic carbocycles. The van der Waals surface area contributed by atoms with E-state index in [1.165, 1.54) is 0 Å². The Morgan fingerprint density at radius 1 is 0.955 bits per heavy atom. The van der Waals surface area contributed by atoms with Crippen LogP contribution >= 0.6 is 0 Å². The number of aromatic nitrogens is 1. The van der Waals surface area contributed by atoms with Crippen LogP contribution in [0, 0.1) is 6.92 Å². The van der Waals surface area contributed by atoms with E-state index in [1.54, 1.807) is 12.4 Å². The standard InChI is InChI=1S/C19H16N2O/c1-14-5-4-6-16(13-14)21-19(22)18-8-3-2-7-17(18)15-9-11-20-12-10-15/h2-13H,1H3,(H,21,22). The molecule has 3 nitrogen and oxygen atoms in total. The number of nitrogens with one attached hydrogen (secondary N) is 1. The zero-order valence-corrected chi connectivity index (χ0v) is 12.3.